The normalized spacial score (nSPS) is 11.0. The second-order valence-corrected chi connectivity index (χ2v) is 8.38. The molecule has 3 heterocycles. The van der Waals surface area contributed by atoms with Gasteiger partial charge in [0.15, 0.2) is 5.69 Å². The van der Waals surface area contributed by atoms with Crippen molar-refractivity contribution in [3.8, 4) is 22.3 Å². The van der Waals surface area contributed by atoms with Crippen molar-refractivity contribution in [3.05, 3.63) is 101 Å². The smallest absolute Gasteiger partial charge is 0.290 e. The maximum absolute atomic E-state index is 13.2. The molecule has 2 amide bonds. The van der Waals surface area contributed by atoms with Crippen molar-refractivity contribution >= 4 is 23.0 Å². The van der Waals surface area contributed by atoms with Gasteiger partial charge in [0.2, 0.25) is 0 Å². The summed E-state index contributed by atoms with van der Waals surface area (Å²) in [6.45, 7) is 1.82. The Morgan fingerprint density at radius 1 is 0.944 bits per heavy atom. The maximum Gasteiger partial charge on any atom is 0.290 e. The molecule has 9 nitrogen and oxygen atoms in total. The molecule has 0 aliphatic heterocycles. The molecule has 36 heavy (non-hydrogen) atoms. The van der Waals surface area contributed by atoms with Crippen molar-refractivity contribution in [2.45, 2.75) is 6.92 Å². The third-order valence-corrected chi connectivity index (χ3v) is 5.90. The molecule has 2 aromatic carbocycles. The van der Waals surface area contributed by atoms with Crippen LogP contribution in [-0.2, 0) is 7.05 Å². The van der Waals surface area contributed by atoms with Crippen LogP contribution in [0.25, 0.3) is 27.8 Å². The highest BCUT2D eigenvalue weighted by Gasteiger charge is 2.17. The van der Waals surface area contributed by atoms with Crippen molar-refractivity contribution in [3.63, 3.8) is 0 Å². The van der Waals surface area contributed by atoms with Gasteiger partial charge in [-0.25, -0.2) is 4.98 Å². The van der Waals surface area contributed by atoms with E-state index in [1.807, 2.05) is 54.0 Å². The number of anilines is 1. The van der Waals surface area contributed by atoms with Crippen LogP contribution in [0, 0.1) is 6.92 Å². The van der Waals surface area contributed by atoms with Crippen LogP contribution >= 0.6 is 0 Å². The Morgan fingerprint density at radius 3 is 2.39 bits per heavy atom. The molecule has 0 bridgehead atoms. The van der Waals surface area contributed by atoms with Gasteiger partial charge in [0.25, 0.3) is 17.4 Å². The third-order valence-electron chi connectivity index (χ3n) is 5.90. The van der Waals surface area contributed by atoms with Crippen LogP contribution in [0.15, 0.2) is 82.6 Å². The summed E-state index contributed by atoms with van der Waals surface area (Å²) in [5.74, 6) is -0.619. The number of benzene rings is 2. The second kappa shape index (κ2) is 9.03. The van der Waals surface area contributed by atoms with Crippen molar-refractivity contribution in [2.75, 3.05) is 12.4 Å². The minimum absolute atomic E-state index is 0.199. The van der Waals surface area contributed by atoms with Gasteiger partial charge < -0.3 is 19.6 Å². The molecule has 5 aromatic rings. The zero-order valence-corrected chi connectivity index (χ0v) is 19.9. The zero-order chi connectivity index (χ0) is 25.4. The van der Waals surface area contributed by atoms with E-state index in [1.54, 1.807) is 38.4 Å². The van der Waals surface area contributed by atoms with Gasteiger partial charge in [-0.3, -0.25) is 14.4 Å². The van der Waals surface area contributed by atoms with Gasteiger partial charge in [0.1, 0.15) is 6.26 Å². The van der Waals surface area contributed by atoms with E-state index in [4.69, 9.17) is 4.52 Å². The lowest BCUT2D eigenvalue weighted by Gasteiger charge is -2.09. The molecule has 0 saturated carbocycles. The molecular weight excluding hydrogens is 458 g/mol. The van der Waals surface area contributed by atoms with E-state index < -0.39 is 0 Å². The molecule has 2 N–H and O–H groups in total. The van der Waals surface area contributed by atoms with Crippen molar-refractivity contribution in [1.82, 2.24) is 19.4 Å². The molecule has 0 saturated heterocycles. The Morgan fingerprint density at radius 2 is 1.69 bits per heavy atom. The molecule has 0 spiro atoms. The average Bonchev–Trinajstić information content (AvgIpc) is 3.46. The predicted octanol–water partition coefficient (Wildman–Crippen LogP) is 3.88. The van der Waals surface area contributed by atoms with Gasteiger partial charge >= 0.3 is 0 Å². The molecule has 9 heteroatoms. The van der Waals surface area contributed by atoms with Gasteiger partial charge in [0, 0.05) is 43.3 Å². The van der Waals surface area contributed by atoms with Crippen molar-refractivity contribution < 1.29 is 14.1 Å². The van der Waals surface area contributed by atoms with Crippen LogP contribution in [0.4, 0.5) is 5.69 Å². The number of nitrogens with zero attached hydrogens (tertiary/aromatic N) is 3. The quantitative estimate of drug-likeness (QED) is 0.396. The summed E-state index contributed by atoms with van der Waals surface area (Å²) in [7, 11) is 3.12. The highest BCUT2D eigenvalue weighted by Crippen LogP contribution is 2.27. The van der Waals surface area contributed by atoms with E-state index in [0.29, 0.717) is 28.0 Å². The highest BCUT2D eigenvalue weighted by atomic mass is 16.5. The Kier molecular flexibility index (Phi) is 5.73. The zero-order valence-electron chi connectivity index (χ0n) is 19.9. The largest absolute Gasteiger partial charge is 0.384 e. The van der Waals surface area contributed by atoms with Crippen LogP contribution in [0.2, 0.25) is 0 Å². The van der Waals surface area contributed by atoms with Crippen LogP contribution in [0.3, 0.4) is 0 Å². The molecule has 0 aliphatic carbocycles. The van der Waals surface area contributed by atoms with E-state index in [1.165, 1.54) is 11.0 Å². The molecule has 3 aromatic heterocycles. The molecule has 0 fully saturated rings. The SMILES string of the molecule is CNC(=O)c1cccc(NC(=O)c2nc(C)cn3cc(-c4ccc(-c5con(C)c5=O)cc4)cc23)c1. The number of amides is 2. The van der Waals surface area contributed by atoms with Crippen LogP contribution in [-0.4, -0.2) is 33.0 Å². The number of hydrogen-bond donors (Lipinski definition) is 2. The summed E-state index contributed by atoms with van der Waals surface area (Å²) in [4.78, 5) is 41.8. The van der Waals surface area contributed by atoms with E-state index >= 15 is 0 Å². The number of nitrogens with one attached hydrogen (secondary N) is 2. The first-order valence-corrected chi connectivity index (χ1v) is 11.2. The standard InChI is InChI=1S/C27H23N5O4/c1-16-13-32-14-20(17-7-9-18(10-8-17)22-15-36-31(3)27(22)35)12-23(32)24(29-16)26(34)30-21-6-4-5-19(11-21)25(33)28-2/h4-15H,1-3H3,(H,28,33)(H,30,34). The van der Waals surface area contributed by atoms with Gasteiger partial charge in [-0.15, -0.1) is 0 Å². The number of aryl methyl sites for hydroxylation is 2. The molecule has 180 valence electrons. The van der Waals surface area contributed by atoms with Crippen LogP contribution in [0.5, 0.6) is 0 Å². The van der Waals surface area contributed by atoms with Gasteiger partial charge in [-0.1, -0.05) is 30.3 Å². The van der Waals surface area contributed by atoms with Gasteiger partial charge in [0.05, 0.1) is 16.8 Å². The van der Waals surface area contributed by atoms with Crippen LogP contribution < -0.4 is 16.2 Å². The van der Waals surface area contributed by atoms with Crippen LogP contribution in [0.1, 0.15) is 26.5 Å². The Labute approximate surface area is 206 Å². The number of carbonyl (C=O) groups is 2. The van der Waals surface area contributed by atoms with E-state index in [2.05, 4.69) is 15.6 Å². The molecule has 0 unspecified atom stereocenters. The van der Waals surface area contributed by atoms with Crippen molar-refractivity contribution in [1.29, 1.82) is 0 Å². The van der Waals surface area contributed by atoms with E-state index in [9.17, 15) is 14.4 Å². The fraction of sp³-hybridized carbons (Fsp3) is 0.111. The molecule has 5 rings (SSSR count). The topological polar surface area (TPSA) is 111 Å². The fourth-order valence-electron chi connectivity index (χ4n) is 4.07. The Hall–Kier alpha value is -4.92. The number of carbonyl (C=O) groups excluding carboxylic acids is 2. The maximum atomic E-state index is 13.2. The average molecular weight is 482 g/mol. The summed E-state index contributed by atoms with van der Waals surface area (Å²) in [6, 6.07) is 16.2. The summed E-state index contributed by atoms with van der Waals surface area (Å²) in [5, 5.41) is 5.42. The highest BCUT2D eigenvalue weighted by molar-refractivity contribution is 6.08. The molecule has 0 atom stereocenters. The summed E-state index contributed by atoms with van der Waals surface area (Å²) >= 11 is 0. The molecule has 0 radical (unpaired) electrons. The third kappa shape index (κ3) is 4.18. The number of aromatic nitrogens is 3. The van der Waals surface area contributed by atoms with E-state index in [0.717, 1.165) is 16.7 Å². The summed E-state index contributed by atoms with van der Waals surface area (Å²) in [6.07, 6.45) is 5.22. The van der Waals surface area contributed by atoms with Gasteiger partial charge in [-0.2, -0.15) is 4.74 Å². The minimum atomic E-state index is -0.381. The Bertz CT molecular complexity index is 1670. The number of rotatable bonds is 5. The number of hydrogen-bond acceptors (Lipinski definition) is 5. The van der Waals surface area contributed by atoms with E-state index in [-0.39, 0.29) is 23.1 Å². The lowest BCUT2D eigenvalue weighted by atomic mass is 10.0. The lowest BCUT2D eigenvalue weighted by molar-refractivity contribution is 0.0961. The first kappa shape index (κ1) is 22.9. The second-order valence-electron chi connectivity index (χ2n) is 8.38. The first-order chi connectivity index (χ1) is 17.3. The molecule has 0 aliphatic rings. The Balaban J connectivity index is 1.47. The number of fused-ring (bicyclic) bond motifs is 1. The van der Waals surface area contributed by atoms with Gasteiger partial charge in [-0.05, 0) is 42.3 Å². The summed E-state index contributed by atoms with van der Waals surface area (Å²) < 4.78 is 8.20. The minimum Gasteiger partial charge on any atom is -0.384 e. The summed E-state index contributed by atoms with van der Waals surface area (Å²) in [5.41, 5.74) is 5.40. The predicted molar refractivity (Wildman–Crippen MR) is 136 cm³/mol. The van der Waals surface area contributed by atoms with Crippen molar-refractivity contribution in [2.24, 2.45) is 7.05 Å². The monoisotopic (exact) mass is 481 g/mol. The molecular formula is C27H23N5O4. The fourth-order valence-corrected chi connectivity index (χ4v) is 4.07. The lowest BCUT2D eigenvalue weighted by Crippen LogP contribution is -2.19. The first-order valence-electron chi connectivity index (χ1n) is 11.2.